The fraction of sp³-hybridized carbons (Fsp3) is 0.488. The van der Waals surface area contributed by atoms with E-state index in [0.717, 1.165) is 59.1 Å². The van der Waals surface area contributed by atoms with Crippen molar-refractivity contribution in [2.24, 2.45) is 11.8 Å². The normalized spacial score (nSPS) is 21.3. The second-order valence-corrected chi connectivity index (χ2v) is 16.1. The molecule has 58 heavy (non-hydrogen) atoms. The Hall–Kier alpha value is -5.88. The number of H-pyrrole nitrogens is 2. The first-order valence-electron chi connectivity index (χ1n) is 20.0. The number of likely N-dealkylation sites (tertiary alicyclic amines) is 2. The number of ether oxygens (including phenoxy) is 3. The number of nitrogens with one attached hydrogen (secondary N) is 4. The van der Waals surface area contributed by atoms with Gasteiger partial charge in [0.15, 0.2) is 0 Å². The minimum absolute atomic E-state index is 0.113. The minimum Gasteiger partial charge on any atom is -0.453 e. The third-order valence-electron chi connectivity index (χ3n) is 11.5. The Kier molecular flexibility index (Phi) is 11.8. The first-order chi connectivity index (χ1) is 27.9. The third kappa shape index (κ3) is 8.38. The molecule has 4 N–H and O–H groups in total. The predicted molar refractivity (Wildman–Crippen MR) is 215 cm³/mol. The number of rotatable bonds is 9. The molecule has 5 heterocycles. The molecule has 0 aliphatic carbocycles. The van der Waals surface area contributed by atoms with Gasteiger partial charge in [-0.3, -0.25) is 9.59 Å². The van der Waals surface area contributed by atoms with Crippen LogP contribution in [0.25, 0.3) is 22.3 Å². The second kappa shape index (κ2) is 16.9. The van der Waals surface area contributed by atoms with Crippen molar-refractivity contribution in [3.05, 3.63) is 71.4 Å². The van der Waals surface area contributed by atoms with Gasteiger partial charge in [0.1, 0.15) is 23.7 Å². The average molecular weight is 793 g/mol. The Balaban J connectivity index is 1.05. The topological polar surface area (TPSA) is 184 Å². The number of nitrogens with zero attached hydrogens (tertiary/aromatic N) is 4. The van der Waals surface area contributed by atoms with Gasteiger partial charge in [-0.2, -0.15) is 0 Å². The smallest absolute Gasteiger partial charge is 0.407 e. The number of imidazole rings is 2. The molecule has 7 rings (SSSR count). The standard InChI is InChI=1S/C43H52N8O7/c1-25(2)35(48-41(54)56-5)39(52)50-19-7-9-33(50)37-44-23-32(47-37)29-15-12-27(13-16-29)10-11-28-14-17-30-31(21-28)46-38(45-30)34-22-43(18-8-20-58-43)24-51(34)40(53)36(26(3)4)49-42(55)57-6/h12-17,21,23,25-26,33-36H,7-9,18-20,22,24H2,1-6H3,(H,44,47)(H,45,46)(H,48,54)(H,49,55)/t33-,34-,35-,36-,43-/m0/s1. The maximum atomic E-state index is 14.0. The van der Waals surface area contributed by atoms with E-state index in [-0.39, 0.29) is 35.7 Å². The molecule has 3 aliphatic rings. The van der Waals surface area contributed by atoms with Crippen molar-refractivity contribution in [3.63, 3.8) is 0 Å². The number of amides is 4. The Bertz CT molecular complexity index is 2210. The Morgan fingerprint density at radius 2 is 1.50 bits per heavy atom. The summed E-state index contributed by atoms with van der Waals surface area (Å²) in [6.07, 6.45) is 4.50. The molecule has 4 aromatic rings. The van der Waals surface area contributed by atoms with Crippen LogP contribution in [-0.4, -0.2) is 105 Å². The molecule has 4 amide bonds. The molecule has 1 spiro atoms. The van der Waals surface area contributed by atoms with Crippen molar-refractivity contribution in [2.45, 2.75) is 89.6 Å². The fourth-order valence-corrected chi connectivity index (χ4v) is 8.33. The van der Waals surface area contributed by atoms with E-state index in [1.807, 2.05) is 70.2 Å². The summed E-state index contributed by atoms with van der Waals surface area (Å²) in [5.74, 6) is 7.29. The largest absolute Gasteiger partial charge is 0.453 e. The lowest BCUT2D eigenvalue weighted by molar-refractivity contribution is -0.136. The summed E-state index contributed by atoms with van der Waals surface area (Å²) in [4.78, 5) is 71.7. The summed E-state index contributed by atoms with van der Waals surface area (Å²) >= 11 is 0. The highest BCUT2D eigenvalue weighted by molar-refractivity contribution is 5.87. The van der Waals surface area contributed by atoms with Crippen LogP contribution in [0.1, 0.15) is 94.7 Å². The number of carbonyl (C=O) groups excluding carboxylic acids is 4. The summed E-state index contributed by atoms with van der Waals surface area (Å²) in [5, 5.41) is 5.41. The molecule has 306 valence electrons. The summed E-state index contributed by atoms with van der Waals surface area (Å²) in [7, 11) is 2.57. The molecule has 2 aromatic carbocycles. The zero-order valence-electron chi connectivity index (χ0n) is 33.9. The summed E-state index contributed by atoms with van der Waals surface area (Å²) in [6, 6.07) is 11.7. The van der Waals surface area contributed by atoms with Crippen LogP contribution in [0.2, 0.25) is 0 Å². The van der Waals surface area contributed by atoms with E-state index >= 15 is 0 Å². The zero-order chi connectivity index (χ0) is 41.1. The number of benzene rings is 2. The molecule has 0 bridgehead atoms. The Morgan fingerprint density at radius 3 is 2.14 bits per heavy atom. The van der Waals surface area contributed by atoms with Crippen LogP contribution in [0, 0.1) is 23.7 Å². The lowest BCUT2D eigenvalue weighted by Gasteiger charge is -2.30. The first-order valence-corrected chi connectivity index (χ1v) is 20.0. The van der Waals surface area contributed by atoms with Gasteiger partial charge in [-0.15, -0.1) is 0 Å². The molecule has 15 heteroatoms. The minimum atomic E-state index is -0.759. The molecule has 0 radical (unpaired) electrons. The molecule has 15 nitrogen and oxygen atoms in total. The average Bonchev–Trinajstić information content (AvgIpc) is 4.08. The number of carbonyl (C=O) groups is 4. The lowest BCUT2D eigenvalue weighted by atomic mass is 9.96. The van der Waals surface area contributed by atoms with Crippen LogP contribution < -0.4 is 10.6 Å². The van der Waals surface area contributed by atoms with Gasteiger partial charge >= 0.3 is 12.2 Å². The van der Waals surface area contributed by atoms with Crippen LogP contribution >= 0.6 is 0 Å². The van der Waals surface area contributed by atoms with Crippen molar-refractivity contribution in [3.8, 4) is 23.1 Å². The zero-order valence-corrected chi connectivity index (χ0v) is 33.9. The molecule has 2 aromatic heterocycles. The van der Waals surface area contributed by atoms with Gasteiger partial charge in [-0.25, -0.2) is 19.6 Å². The third-order valence-corrected chi connectivity index (χ3v) is 11.5. The number of methoxy groups -OCH3 is 2. The number of alkyl carbamates (subject to hydrolysis) is 2. The molecule has 3 saturated heterocycles. The van der Waals surface area contributed by atoms with Crippen LogP contribution in [0.15, 0.2) is 48.7 Å². The lowest BCUT2D eigenvalue weighted by Crippen LogP contribution is -2.51. The molecule has 3 fully saturated rings. The van der Waals surface area contributed by atoms with Gasteiger partial charge < -0.3 is 44.6 Å². The van der Waals surface area contributed by atoms with Crippen molar-refractivity contribution in [1.29, 1.82) is 0 Å². The summed E-state index contributed by atoms with van der Waals surface area (Å²) in [5.41, 5.74) is 4.53. The number of fused-ring (bicyclic) bond motifs is 1. The van der Waals surface area contributed by atoms with Crippen LogP contribution in [0.5, 0.6) is 0 Å². The monoisotopic (exact) mass is 792 g/mol. The van der Waals surface area contributed by atoms with Gasteiger partial charge in [0.25, 0.3) is 0 Å². The van der Waals surface area contributed by atoms with Crippen LogP contribution in [0.3, 0.4) is 0 Å². The Morgan fingerprint density at radius 1 is 0.845 bits per heavy atom. The van der Waals surface area contributed by atoms with Gasteiger partial charge in [-0.1, -0.05) is 51.7 Å². The number of aromatic amines is 2. The molecular formula is C43H52N8O7. The number of hydrogen-bond donors (Lipinski definition) is 4. The van der Waals surface area contributed by atoms with Gasteiger partial charge in [0.05, 0.1) is 61.4 Å². The van der Waals surface area contributed by atoms with E-state index in [9.17, 15) is 19.2 Å². The molecule has 5 atom stereocenters. The number of aromatic nitrogens is 4. The van der Waals surface area contributed by atoms with E-state index in [1.54, 1.807) is 16.0 Å². The highest BCUT2D eigenvalue weighted by Crippen LogP contribution is 2.45. The van der Waals surface area contributed by atoms with Crippen molar-refractivity contribution < 1.29 is 33.4 Å². The van der Waals surface area contributed by atoms with Crippen molar-refractivity contribution in [1.82, 2.24) is 40.4 Å². The molecule has 0 unspecified atom stereocenters. The highest BCUT2D eigenvalue weighted by Gasteiger charge is 2.51. The molecular weight excluding hydrogens is 741 g/mol. The van der Waals surface area contributed by atoms with Gasteiger partial charge in [0.2, 0.25) is 11.8 Å². The van der Waals surface area contributed by atoms with Crippen LogP contribution in [0.4, 0.5) is 9.59 Å². The summed E-state index contributed by atoms with van der Waals surface area (Å²) < 4.78 is 15.8. The van der Waals surface area contributed by atoms with Crippen molar-refractivity contribution >= 4 is 35.0 Å². The van der Waals surface area contributed by atoms with Crippen LogP contribution in [-0.2, 0) is 23.8 Å². The molecule has 3 aliphatic heterocycles. The molecule has 0 saturated carbocycles. The van der Waals surface area contributed by atoms with E-state index in [2.05, 4.69) is 37.4 Å². The fourth-order valence-electron chi connectivity index (χ4n) is 8.33. The quantitative estimate of drug-likeness (QED) is 0.157. The SMILES string of the molecule is COC(=O)N[C@H](C(=O)N1CCC[C@H]1c1ncc(-c2ccc(C#Cc3ccc4nc([C@@H]5C[C@@]6(CCCO6)CN5C(=O)[C@@H](NC(=O)OC)C(C)C)[nH]c4c3)cc2)[nH]1)C(C)C. The summed E-state index contributed by atoms with van der Waals surface area (Å²) in [6.45, 7) is 9.24. The number of hydrogen-bond acceptors (Lipinski definition) is 9. The van der Waals surface area contributed by atoms with E-state index in [0.29, 0.717) is 37.8 Å². The van der Waals surface area contributed by atoms with Crippen molar-refractivity contribution in [2.75, 3.05) is 33.9 Å². The predicted octanol–water partition coefficient (Wildman–Crippen LogP) is 5.60. The maximum Gasteiger partial charge on any atom is 0.407 e. The highest BCUT2D eigenvalue weighted by atomic mass is 16.5. The second-order valence-electron chi connectivity index (χ2n) is 16.1. The maximum absolute atomic E-state index is 14.0. The van der Waals surface area contributed by atoms with E-state index in [1.165, 1.54) is 14.2 Å². The van der Waals surface area contributed by atoms with E-state index < -0.39 is 29.9 Å². The van der Waals surface area contributed by atoms with Gasteiger partial charge in [0, 0.05) is 30.7 Å². The Labute approximate surface area is 338 Å². The van der Waals surface area contributed by atoms with E-state index in [4.69, 9.17) is 19.2 Å². The first kappa shape index (κ1) is 40.3. The van der Waals surface area contributed by atoms with Gasteiger partial charge in [-0.05, 0) is 73.4 Å².